The molecule has 0 fully saturated rings. The molecule has 0 saturated carbocycles. The average molecular weight is 625 g/mol. The monoisotopic (exact) mass is 624 g/mol. The van der Waals surface area contributed by atoms with Gasteiger partial charge in [-0.25, -0.2) is 4.98 Å². The van der Waals surface area contributed by atoms with Crippen LogP contribution in [0.5, 0.6) is 5.75 Å². The maximum absolute atomic E-state index is 11.9. The summed E-state index contributed by atoms with van der Waals surface area (Å²) < 4.78 is 6.14. The van der Waals surface area contributed by atoms with Crippen LogP contribution in [-0.2, 0) is 12.1 Å². The zero-order valence-electron chi connectivity index (χ0n) is 26.4. The fraction of sp³-hybridized carbons (Fsp3) is 0.351. The van der Waals surface area contributed by atoms with E-state index in [1.807, 2.05) is 60.7 Å². The summed E-state index contributed by atoms with van der Waals surface area (Å²) in [6.07, 6.45) is 7.69. The highest BCUT2D eigenvalue weighted by atomic mass is 16.4. The van der Waals surface area contributed by atoms with Gasteiger partial charge in [-0.1, -0.05) is 92.4 Å². The van der Waals surface area contributed by atoms with Gasteiger partial charge >= 0.3 is 0 Å². The van der Waals surface area contributed by atoms with Crippen molar-refractivity contribution in [2.75, 3.05) is 26.7 Å². The average Bonchev–Trinajstić information content (AvgIpc) is 3.55. The number of nitrogens with one attached hydrogen (secondary N) is 2. The first-order valence-corrected chi connectivity index (χ1v) is 16.1. The predicted octanol–water partition coefficient (Wildman–Crippen LogP) is 5.60. The van der Waals surface area contributed by atoms with Crippen LogP contribution in [0.2, 0.25) is 0 Å². The number of oxazole rings is 1. The molecule has 5 rings (SSSR count). The van der Waals surface area contributed by atoms with Gasteiger partial charge in [0.15, 0.2) is 5.60 Å². The molecular formula is C37H44N4O5. The fourth-order valence-corrected chi connectivity index (χ4v) is 5.90. The summed E-state index contributed by atoms with van der Waals surface area (Å²) in [6.45, 7) is 2.77. The summed E-state index contributed by atoms with van der Waals surface area (Å²) >= 11 is 0. The molecule has 0 aliphatic heterocycles. The molecule has 0 spiro atoms. The smallest absolute Gasteiger partial charge is 0.248 e. The van der Waals surface area contributed by atoms with Crippen molar-refractivity contribution in [2.45, 2.75) is 56.8 Å². The van der Waals surface area contributed by atoms with Crippen molar-refractivity contribution >= 4 is 10.9 Å². The molecule has 1 atom stereocenters. The molecule has 0 bridgehead atoms. The molecule has 2 heterocycles. The zero-order valence-corrected chi connectivity index (χ0v) is 26.4. The Labute approximate surface area is 269 Å². The molecule has 9 heteroatoms. The maximum atomic E-state index is 11.9. The van der Waals surface area contributed by atoms with Gasteiger partial charge in [0.25, 0.3) is 0 Å². The first kappa shape index (κ1) is 33.1. The number of hydrogen-bond donors (Lipinski definition) is 5. The van der Waals surface area contributed by atoms with E-state index >= 15 is 0 Å². The molecule has 5 N–H and O–H groups in total. The molecule has 9 nitrogen and oxygen atoms in total. The lowest BCUT2D eigenvalue weighted by Crippen LogP contribution is -2.29. The van der Waals surface area contributed by atoms with E-state index in [9.17, 15) is 20.1 Å². The quantitative estimate of drug-likeness (QED) is 0.0844. The third kappa shape index (κ3) is 8.10. The Kier molecular flexibility index (Phi) is 11.4. The predicted molar refractivity (Wildman–Crippen MR) is 180 cm³/mol. The molecular weight excluding hydrogens is 580 g/mol. The third-order valence-electron chi connectivity index (χ3n) is 8.42. The van der Waals surface area contributed by atoms with Crippen LogP contribution in [0.25, 0.3) is 10.9 Å². The topological polar surface area (TPSA) is 135 Å². The van der Waals surface area contributed by atoms with Crippen molar-refractivity contribution < 1.29 is 19.7 Å². The van der Waals surface area contributed by atoms with Crippen molar-refractivity contribution in [3.63, 3.8) is 0 Å². The van der Waals surface area contributed by atoms with Gasteiger partial charge in [-0.05, 0) is 61.8 Å². The Morgan fingerprint density at radius 3 is 2.24 bits per heavy atom. The van der Waals surface area contributed by atoms with Crippen LogP contribution < -0.4 is 10.9 Å². The summed E-state index contributed by atoms with van der Waals surface area (Å²) in [6, 6.07) is 25.2. The highest BCUT2D eigenvalue weighted by Crippen LogP contribution is 2.36. The number of pyridine rings is 1. The number of phenols is 1. The minimum atomic E-state index is -1.47. The Morgan fingerprint density at radius 2 is 1.54 bits per heavy atom. The van der Waals surface area contributed by atoms with E-state index in [1.165, 1.54) is 18.6 Å². The normalized spacial score (nSPS) is 12.6. The molecule has 0 saturated heterocycles. The maximum Gasteiger partial charge on any atom is 0.248 e. The number of aliphatic hydroxyl groups is 2. The van der Waals surface area contributed by atoms with Crippen LogP contribution >= 0.6 is 0 Å². The van der Waals surface area contributed by atoms with Gasteiger partial charge in [-0.2, -0.15) is 0 Å². The molecule has 1 unspecified atom stereocenters. The molecule has 0 aliphatic carbocycles. The summed E-state index contributed by atoms with van der Waals surface area (Å²) in [4.78, 5) is 21.0. The van der Waals surface area contributed by atoms with E-state index in [-0.39, 0.29) is 17.2 Å². The van der Waals surface area contributed by atoms with Crippen molar-refractivity contribution in [2.24, 2.45) is 0 Å². The number of phenolic OH excluding ortho intramolecular Hbond substituents is 1. The molecule has 5 aromatic rings. The van der Waals surface area contributed by atoms with Crippen molar-refractivity contribution in [1.82, 2.24) is 20.2 Å². The number of rotatable bonds is 17. The molecule has 2 aromatic heterocycles. The van der Waals surface area contributed by atoms with Crippen LogP contribution in [0, 0.1) is 0 Å². The SMILES string of the molecule is CN(CCCCCCCCNCC(O)c1ccc(O)c2[nH]c(=O)ccc12)Cc1cnc(C(O)(c2ccccc2)c2ccccc2)o1. The lowest BCUT2D eigenvalue weighted by atomic mass is 9.86. The fourth-order valence-electron chi connectivity index (χ4n) is 5.90. The number of hydrogen-bond acceptors (Lipinski definition) is 8. The van der Waals surface area contributed by atoms with Crippen LogP contribution in [0.3, 0.4) is 0 Å². The van der Waals surface area contributed by atoms with Crippen molar-refractivity contribution in [3.05, 3.63) is 130 Å². The van der Waals surface area contributed by atoms with Gasteiger partial charge < -0.3 is 30.0 Å². The highest BCUT2D eigenvalue weighted by molar-refractivity contribution is 5.87. The number of aliphatic hydroxyl groups excluding tert-OH is 1. The van der Waals surface area contributed by atoms with E-state index in [1.54, 1.807) is 18.3 Å². The molecule has 0 amide bonds. The van der Waals surface area contributed by atoms with Gasteiger partial charge in [0.1, 0.15) is 11.5 Å². The number of nitrogens with zero attached hydrogens (tertiary/aromatic N) is 2. The number of unbranched alkanes of at least 4 members (excludes halogenated alkanes) is 5. The second-order valence-corrected chi connectivity index (χ2v) is 11.9. The molecule has 0 aliphatic rings. The molecule has 0 radical (unpaired) electrons. The Hall–Kier alpha value is -4.28. The van der Waals surface area contributed by atoms with E-state index < -0.39 is 11.7 Å². The van der Waals surface area contributed by atoms with Crippen LogP contribution in [0.15, 0.2) is 100 Å². The van der Waals surface area contributed by atoms with Gasteiger partial charge in [-0.3, -0.25) is 9.69 Å². The Bertz CT molecular complexity index is 1680. The summed E-state index contributed by atoms with van der Waals surface area (Å²) in [5, 5.41) is 36.6. The largest absolute Gasteiger partial charge is 0.506 e. The number of aromatic amines is 1. The number of H-pyrrole nitrogens is 1. The van der Waals surface area contributed by atoms with Crippen LogP contribution in [0.4, 0.5) is 0 Å². The lowest BCUT2D eigenvalue weighted by molar-refractivity contribution is 0.0900. The Morgan fingerprint density at radius 1 is 0.891 bits per heavy atom. The second-order valence-electron chi connectivity index (χ2n) is 11.9. The van der Waals surface area contributed by atoms with E-state index in [2.05, 4.69) is 27.2 Å². The number of aromatic nitrogens is 2. The van der Waals surface area contributed by atoms with E-state index in [0.717, 1.165) is 45.2 Å². The first-order valence-electron chi connectivity index (χ1n) is 16.1. The van der Waals surface area contributed by atoms with Gasteiger partial charge in [0.2, 0.25) is 11.4 Å². The molecule has 242 valence electrons. The minimum absolute atomic E-state index is 0.0102. The lowest BCUT2D eigenvalue weighted by Gasteiger charge is -2.26. The zero-order chi connectivity index (χ0) is 32.4. The Balaban J connectivity index is 0.982. The second kappa shape index (κ2) is 15.8. The summed E-state index contributed by atoms with van der Waals surface area (Å²) in [5.41, 5.74) is 0.665. The summed E-state index contributed by atoms with van der Waals surface area (Å²) in [5.74, 6) is 0.974. The summed E-state index contributed by atoms with van der Waals surface area (Å²) in [7, 11) is 2.07. The minimum Gasteiger partial charge on any atom is -0.506 e. The number of fused-ring (bicyclic) bond motifs is 1. The van der Waals surface area contributed by atoms with E-state index in [0.29, 0.717) is 46.4 Å². The van der Waals surface area contributed by atoms with Crippen molar-refractivity contribution in [3.8, 4) is 5.75 Å². The van der Waals surface area contributed by atoms with Gasteiger partial charge in [0, 0.05) is 18.0 Å². The molecule has 3 aromatic carbocycles. The number of aromatic hydroxyl groups is 1. The van der Waals surface area contributed by atoms with Crippen molar-refractivity contribution in [1.29, 1.82) is 0 Å². The van der Waals surface area contributed by atoms with Gasteiger partial charge in [-0.15, -0.1) is 0 Å². The number of benzene rings is 3. The van der Waals surface area contributed by atoms with Gasteiger partial charge in [0.05, 0.1) is 24.4 Å². The standard InChI is InChI=1S/C37H44N4O5/c1-41(26-29-24-39-36(46-29)37(45,27-14-8-6-9-15-27)28-16-10-7-11-17-28)23-13-5-3-2-4-12-22-38-25-33(43)30-18-20-32(42)35-31(30)19-21-34(44)40-35/h6-11,14-21,24,33,38,42-43,45H,2-5,12-13,22-23,25-26H2,1H3,(H,40,44). The van der Waals surface area contributed by atoms with Crippen LogP contribution in [-0.4, -0.2) is 56.9 Å². The third-order valence-corrected chi connectivity index (χ3v) is 8.42. The van der Waals surface area contributed by atoms with Crippen LogP contribution in [0.1, 0.15) is 73.0 Å². The first-order chi connectivity index (χ1) is 22.4. The molecule has 46 heavy (non-hydrogen) atoms. The highest BCUT2D eigenvalue weighted by Gasteiger charge is 2.38. The van der Waals surface area contributed by atoms with E-state index in [4.69, 9.17) is 4.42 Å².